The number of hydrogen-bond donors (Lipinski definition) is 0. The average molecular weight is 699 g/mol. The predicted molar refractivity (Wildman–Crippen MR) is 178 cm³/mol. The number of hydrogen-bond acceptors (Lipinski definition) is 3. The molecule has 232 valence electrons. The van der Waals surface area contributed by atoms with Gasteiger partial charge in [0.1, 0.15) is 11.6 Å². The van der Waals surface area contributed by atoms with Crippen molar-refractivity contribution < 1.29 is 29.6 Å². The van der Waals surface area contributed by atoms with E-state index in [1.807, 2.05) is 52.6 Å². The molecule has 3 heterocycles. The smallest absolute Gasteiger partial charge is 0.509 e. The van der Waals surface area contributed by atoms with E-state index in [2.05, 4.69) is 75.1 Å². The quantitative estimate of drug-likeness (QED) is 0.123. The fraction of sp³-hybridized carbons (Fsp3) is 0.179. The molecule has 0 aliphatic heterocycles. The van der Waals surface area contributed by atoms with E-state index in [0.29, 0.717) is 17.3 Å². The second kappa shape index (κ2) is 12.7. The number of aryl methyl sites for hydroxylation is 4. The van der Waals surface area contributed by atoms with Gasteiger partial charge >= 0.3 is 20.4 Å². The Kier molecular flexibility index (Phi) is 8.66. The Morgan fingerprint density at radius 3 is 2.30 bits per heavy atom. The minimum atomic E-state index is -0.350. The number of ether oxygens (including phenoxy) is 1. The molecule has 0 bridgehead atoms. The van der Waals surface area contributed by atoms with Crippen molar-refractivity contribution in [2.24, 2.45) is 0 Å². The van der Waals surface area contributed by atoms with E-state index in [1.54, 1.807) is 0 Å². The van der Waals surface area contributed by atoms with Gasteiger partial charge in [-0.2, -0.15) is 16.7 Å². The molecule has 0 aliphatic rings. The molecule has 7 aromatic rings. The Bertz CT molecular complexity index is 2210. The van der Waals surface area contributed by atoms with Crippen LogP contribution in [-0.2, 0) is 33.3 Å². The molecule has 0 saturated heterocycles. The zero-order valence-corrected chi connectivity index (χ0v) is 27.9. The van der Waals surface area contributed by atoms with E-state index in [4.69, 9.17) is 9.84 Å². The summed E-state index contributed by atoms with van der Waals surface area (Å²) in [5.41, 5.74) is 10.7. The molecule has 0 amide bonds. The van der Waals surface area contributed by atoms with Crippen LogP contribution in [0.5, 0.6) is 11.5 Å². The molecular weight excluding hydrogens is 666 g/mol. The summed E-state index contributed by atoms with van der Waals surface area (Å²) in [5.74, 6) is 1.22. The first kappa shape index (κ1) is 31.4. The van der Waals surface area contributed by atoms with E-state index in [0.717, 1.165) is 57.3 Å². The van der Waals surface area contributed by atoms with Crippen LogP contribution in [-0.4, -0.2) is 19.3 Å². The zero-order valence-electron chi connectivity index (χ0n) is 26.4. The molecule has 0 aliphatic carbocycles. The molecule has 3 aromatic heterocycles. The van der Waals surface area contributed by atoms with Crippen LogP contribution >= 0.6 is 0 Å². The Morgan fingerprint density at radius 2 is 1.57 bits per heavy atom. The summed E-state index contributed by atoms with van der Waals surface area (Å²) in [7, 11) is 0. The van der Waals surface area contributed by atoms with Crippen molar-refractivity contribution in [3.05, 3.63) is 131 Å². The molecule has 0 atom stereocenters. The Morgan fingerprint density at radius 1 is 0.783 bits per heavy atom. The van der Waals surface area contributed by atoms with Crippen molar-refractivity contribution in [2.45, 2.75) is 47.5 Å². The van der Waals surface area contributed by atoms with Gasteiger partial charge in [-0.1, -0.05) is 62.7 Å². The summed E-state index contributed by atoms with van der Waals surface area (Å²) >= 11 is 0. The van der Waals surface area contributed by atoms with Crippen LogP contribution < -0.4 is 4.74 Å². The molecule has 5 nitrogen and oxygen atoms in total. The second-order valence-corrected chi connectivity index (χ2v) is 11.4. The average Bonchev–Trinajstić information content (AvgIpc) is 3.56. The molecule has 7 heteroatoms. The first-order valence-corrected chi connectivity index (χ1v) is 15.3. The monoisotopic (exact) mass is 698 g/mol. The van der Waals surface area contributed by atoms with Gasteiger partial charge in [0.2, 0.25) is 0 Å². The van der Waals surface area contributed by atoms with Gasteiger partial charge in [-0.3, -0.25) is 4.68 Å². The van der Waals surface area contributed by atoms with Crippen LogP contribution in [0.3, 0.4) is 0 Å². The van der Waals surface area contributed by atoms with E-state index in [9.17, 15) is 4.39 Å². The van der Waals surface area contributed by atoms with Gasteiger partial charge in [0, 0.05) is 40.5 Å². The molecule has 0 radical (unpaired) electrons. The molecule has 0 saturated carbocycles. The first-order chi connectivity index (χ1) is 21.9. The number of aromatic nitrogens is 4. The molecule has 0 unspecified atom stereocenters. The van der Waals surface area contributed by atoms with Crippen LogP contribution in [0.2, 0.25) is 0 Å². The van der Waals surface area contributed by atoms with E-state index < -0.39 is 0 Å². The largest absolute Gasteiger partial charge is 2.00 e. The van der Waals surface area contributed by atoms with Gasteiger partial charge in [-0.25, -0.2) is 9.37 Å². The number of benzene rings is 4. The molecule has 46 heavy (non-hydrogen) atoms. The normalized spacial score (nSPS) is 11.3. The maximum Gasteiger partial charge on any atom is 2.00 e. The van der Waals surface area contributed by atoms with Gasteiger partial charge in [0.25, 0.3) is 0 Å². The Labute approximate surface area is 282 Å². The predicted octanol–water partition coefficient (Wildman–Crippen LogP) is 9.61. The summed E-state index contributed by atoms with van der Waals surface area (Å²) in [6.07, 6.45) is 3.11. The van der Waals surface area contributed by atoms with Crippen molar-refractivity contribution >= 4 is 21.8 Å². The minimum Gasteiger partial charge on any atom is -0.509 e. The van der Waals surface area contributed by atoms with E-state index in [-0.39, 0.29) is 26.2 Å². The fourth-order valence-electron chi connectivity index (χ4n) is 6.41. The van der Waals surface area contributed by atoms with Crippen molar-refractivity contribution in [1.29, 1.82) is 0 Å². The number of rotatable bonds is 7. The van der Waals surface area contributed by atoms with Gasteiger partial charge in [0.15, 0.2) is 0 Å². The molecule has 0 fully saturated rings. The summed E-state index contributed by atoms with van der Waals surface area (Å²) in [5, 5.41) is 7.13. The van der Waals surface area contributed by atoms with Crippen molar-refractivity contribution in [2.75, 3.05) is 0 Å². The van der Waals surface area contributed by atoms with Crippen LogP contribution in [0.1, 0.15) is 41.9 Å². The van der Waals surface area contributed by atoms with E-state index >= 15 is 0 Å². The fourth-order valence-corrected chi connectivity index (χ4v) is 6.41. The SMILES string of the molecule is CCc1nn(-c2[c-]c(Oc3[c-]c4c(cc3)c3ccccc3n4-c3cc(F)ccn3)cc(C)c2)c(CC)c1-c1c(C)cccc1C.[Pd+2]. The Balaban J connectivity index is 0.00000372. The maximum atomic E-state index is 14.3. The zero-order chi connectivity index (χ0) is 31.2. The van der Waals surface area contributed by atoms with Gasteiger partial charge in [-0.05, 0) is 66.6 Å². The first-order valence-electron chi connectivity index (χ1n) is 15.3. The molecule has 4 aromatic carbocycles. The number of pyridine rings is 1. The summed E-state index contributed by atoms with van der Waals surface area (Å²) in [6.45, 7) is 10.7. The summed E-state index contributed by atoms with van der Waals surface area (Å²) in [4.78, 5) is 4.46. The van der Waals surface area contributed by atoms with Crippen molar-refractivity contribution in [3.63, 3.8) is 0 Å². The summed E-state index contributed by atoms with van der Waals surface area (Å²) in [6, 6.07) is 32.1. The maximum absolute atomic E-state index is 14.3. The van der Waals surface area contributed by atoms with Gasteiger partial charge in [-0.15, -0.1) is 35.7 Å². The molecule has 7 rings (SSSR count). The van der Waals surface area contributed by atoms with Gasteiger partial charge < -0.3 is 9.30 Å². The van der Waals surface area contributed by atoms with Crippen LogP contribution in [0.15, 0.2) is 85.1 Å². The molecule has 0 spiro atoms. The van der Waals surface area contributed by atoms with Crippen molar-refractivity contribution in [3.8, 4) is 34.1 Å². The molecular formula is C39H33FN4OPd. The number of halogens is 1. The number of nitrogens with zero attached hydrogens (tertiary/aromatic N) is 4. The van der Waals surface area contributed by atoms with Crippen LogP contribution in [0.4, 0.5) is 4.39 Å². The van der Waals surface area contributed by atoms with Crippen molar-refractivity contribution in [1.82, 2.24) is 19.3 Å². The third-order valence-electron chi connectivity index (χ3n) is 8.37. The Hall–Kier alpha value is -4.57. The number of para-hydroxylation sites is 1. The van der Waals surface area contributed by atoms with E-state index in [1.165, 1.54) is 40.6 Å². The van der Waals surface area contributed by atoms with Gasteiger partial charge in [0.05, 0.1) is 5.69 Å². The van der Waals surface area contributed by atoms with Crippen LogP contribution in [0.25, 0.3) is 44.4 Å². The second-order valence-electron chi connectivity index (χ2n) is 11.4. The van der Waals surface area contributed by atoms with Crippen LogP contribution in [0, 0.1) is 38.7 Å². The minimum absolute atomic E-state index is 0. The summed E-state index contributed by atoms with van der Waals surface area (Å²) < 4.78 is 24.7. The third kappa shape index (κ3) is 5.44. The standard InChI is InChI=1S/C39H33FN4O.Pd/c1-6-33-39(38-25(4)11-10-12-26(38)5)34(7-2)44(42-33)28-19-24(3)20-30(22-28)45-29-15-16-32-31-13-8-9-14-35(31)43(36(32)23-29)37-21-27(40)17-18-41-37;/h8-21H,6-7H2,1-5H3;/q-2;+2. The topological polar surface area (TPSA) is 44.9 Å². The number of fused-ring (bicyclic) bond motifs is 3. The molecule has 0 N–H and O–H groups in total. The third-order valence-corrected chi connectivity index (χ3v) is 8.37.